The van der Waals surface area contributed by atoms with Crippen molar-refractivity contribution in [2.75, 3.05) is 0 Å². The summed E-state index contributed by atoms with van der Waals surface area (Å²) < 4.78 is 1.79. The fourth-order valence-corrected chi connectivity index (χ4v) is 3.16. The van der Waals surface area contributed by atoms with Gasteiger partial charge in [0.2, 0.25) is 0 Å². The van der Waals surface area contributed by atoms with E-state index in [1.165, 1.54) is 5.56 Å². The first-order valence-corrected chi connectivity index (χ1v) is 7.75. The molecule has 0 spiro atoms. The summed E-state index contributed by atoms with van der Waals surface area (Å²) in [6.45, 7) is 2.12. The molecule has 0 bridgehead atoms. The molecule has 19 heavy (non-hydrogen) atoms. The molecular weight excluding hydrogens is 368 g/mol. The Labute approximate surface area is 130 Å². The van der Waals surface area contributed by atoms with Crippen LogP contribution in [-0.2, 0) is 12.8 Å². The van der Waals surface area contributed by atoms with E-state index >= 15 is 0 Å². The van der Waals surface area contributed by atoms with E-state index in [-0.39, 0.29) is 5.78 Å². The van der Waals surface area contributed by atoms with Gasteiger partial charge in [0.1, 0.15) is 0 Å². The normalized spacial score (nSPS) is 10.5. The maximum atomic E-state index is 12.3. The van der Waals surface area contributed by atoms with Crippen molar-refractivity contribution in [3.8, 4) is 0 Å². The highest BCUT2D eigenvalue weighted by Crippen LogP contribution is 2.23. The number of halogens is 2. The molecule has 0 saturated carbocycles. The van der Waals surface area contributed by atoms with Crippen LogP contribution in [0, 0.1) is 0 Å². The summed E-state index contributed by atoms with van der Waals surface area (Å²) in [6, 6.07) is 13.9. The summed E-state index contributed by atoms with van der Waals surface area (Å²) in [4.78, 5) is 12.3. The maximum absolute atomic E-state index is 12.3. The second kappa shape index (κ2) is 6.49. The monoisotopic (exact) mass is 380 g/mol. The van der Waals surface area contributed by atoms with Gasteiger partial charge in [0, 0.05) is 20.9 Å². The van der Waals surface area contributed by atoms with Crippen molar-refractivity contribution in [1.82, 2.24) is 0 Å². The van der Waals surface area contributed by atoms with E-state index in [0.717, 1.165) is 26.5 Å². The van der Waals surface area contributed by atoms with Crippen LogP contribution in [0.5, 0.6) is 0 Å². The molecule has 2 aromatic rings. The van der Waals surface area contributed by atoms with Gasteiger partial charge in [-0.1, -0.05) is 63.0 Å². The van der Waals surface area contributed by atoms with E-state index in [1.807, 2.05) is 30.3 Å². The molecule has 3 heteroatoms. The molecule has 0 atom stereocenters. The first kappa shape index (κ1) is 14.5. The summed E-state index contributed by atoms with van der Waals surface area (Å²) >= 11 is 6.82. The Balaban J connectivity index is 2.15. The first-order chi connectivity index (χ1) is 9.10. The van der Waals surface area contributed by atoms with Crippen LogP contribution in [0.15, 0.2) is 51.4 Å². The van der Waals surface area contributed by atoms with E-state index in [0.29, 0.717) is 6.42 Å². The first-order valence-electron chi connectivity index (χ1n) is 6.16. The van der Waals surface area contributed by atoms with Crippen LogP contribution in [0.25, 0.3) is 0 Å². The van der Waals surface area contributed by atoms with Crippen LogP contribution in [0.1, 0.15) is 28.4 Å². The Morgan fingerprint density at radius 3 is 2.21 bits per heavy atom. The van der Waals surface area contributed by atoms with E-state index in [4.69, 9.17) is 0 Å². The predicted octanol–water partition coefficient (Wildman–Crippen LogP) is 5.20. The van der Waals surface area contributed by atoms with E-state index in [2.05, 4.69) is 50.9 Å². The number of rotatable bonds is 4. The number of benzene rings is 2. The minimum atomic E-state index is 0.128. The molecule has 0 radical (unpaired) electrons. The zero-order valence-electron chi connectivity index (χ0n) is 10.6. The second-order valence-corrected chi connectivity index (χ2v) is 6.16. The number of carbonyl (C=O) groups is 1. The van der Waals surface area contributed by atoms with Gasteiger partial charge in [-0.3, -0.25) is 4.79 Å². The lowest BCUT2D eigenvalue weighted by atomic mass is 10.0. The SMILES string of the molecule is CCc1ccc(CC(=O)c2ccc(Br)cc2Br)cc1. The molecule has 0 saturated heterocycles. The molecule has 0 aliphatic heterocycles. The van der Waals surface area contributed by atoms with Gasteiger partial charge in [0.05, 0.1) is 0 Å². The summed E-state index contributed by atoms with van der Waals surface area (Å²) in [5.41, 5.74) is 3.07. The number of ketones is 1. The van der Waals surface area contributed by atoms with Crippen LogP contribution in [0.2, 0.25) is 0 Å². The third-order valence-corrected chi connectivity index (χ3v) is 4.18. The number of aryl methyl sites for hydroxylation is 1. The van der Waals surface area contributed by atoms with Crippen molar-refractivity contribution in [3.05, 3.63) is 68.1 Å². The lowest BCUT2D eigenvalue weighted by Crippen LogP contribution is -2.04. The van der Waals surface area contributed by atoms with Gasteiger partial charge in [-0.05, 0) is 35.7 Å². The molecule has 0 heterocycles. The maximum Gasteiger partial charge on any atom is 0.168 e. The summed E-state index contributed by atoms with van der Waals surface area (Å²) in [5.74, 6) is 0.128. The van der Waals surface area contributed by atoms with Crippen molar-refractivity contribution in [1.29, 1.82) is 0 Å². The van der Waals surface area contributed by atoms with Crippen molar-refractivity contribution < 1.29 is 4.79 Å². The van der Waals surface area contributed by atoms with Gasteiger partial charge in [-0.15, -0.1) is 0 Å². The molecule has 0 aliphatic carbocycles. The molecular formula is C16H14Br2O. The van der Waals surface area contributed by atoms with E-state index in [1.54, 1.807) is 0 Å². The predicted molar refractivity (Wildman–Crippen MR) is 85.7 cm³/mol. The number of hydrogen-bond donors (Lipinski definition) is 0. The second-order valence-electron chi connectivity index (χ2n) is 4.39. The van der Waals surface area contributed by atoms with Gasteiger partial charge in [-0.25, -0.2) is 0 Å². The van der Waals surface area contributed by atoms with Gasteiger partial charge in [-0.2, -0.15) is 0 Å². The largest absolute Gasteiger partial charge is 0.294 e. The molecule has 2 rings (SSSR count). The number of carbonyl (C=O) groups excluding carboxylic acids is 1. The topological polar surface area (TPSA) is 17.1 Å². The van der Waals surface area contributed by atoms with E-state index in [9.17, 15) is 4.79 Å². The third kappa shape index (κ3) is 3.77. The van der Waals surface area contributed by atoms with Crippen LogP contribution < -0.4 is 0 Å². The molecule has 2 aromatic carbocycles. The average molecular weight is 382 g/mol. The van der Waals surface area contributed by atoms with Crippen LogP contribution in [0.3, 0.4) is 0 Å². The van der Waals surface area contributed by atoms with E-state index < -0.39 is 0 Å². The Morgan fingerprint density at radius 2 is 1.63 bits per heavy atom. The van der Waals surface area contributed by atoms with Gasteiger partial charge in [0.25, 0.3) is 0 Å². The van der Waals surface area contributed by atoms with Gasteiger partial charge < -0.3 is 0 Å². The summed E-state index contributed by atoms with van der Waals surface area (Å²) in [5, 5.41) is 0. The fraction of sp³-hybridized carbons (Fsp3) is 0.188. The lowest BCUT2D eigenvalue weighted by molar-refractivity contribution is 0.0992. The molecule has 0 aromatic heterocycles. The molecule has 0 N–H and O–H groups in total. The molecule has 0 amide bonds. The molecule has 0 fully saturated rings. The van der Waals surface area contributed by atoms with Crippen LogP contribution in [0.4, 0.5) is 0 Å². The Morgan fingerprint density at radius 1 is 1.00 bits per heavy atom. The highest BCUT2D eigenvalue weighted by molar-refractivity contribution is 9.11. The zero-order valence-corrected chi connectivity index (χ0v) is 13.8. The highest BCUT2D eigenvalue weighted by Gasteiger charge is 2.11. The fourth-order valence-electron chi connectivity index (χ4n) is 1.89. The van der Waals surface area contributed by atoms with Crippen molar-refractivity contribution in [2.45, 2.75) is 19.8 Å². The van der Waals surface area contributed by atoms with Crippen LogP contribution >= 0.6 is 31.9 Å². The Kier molecular flexibility index (Phi) is 4.94. The standard InChI is InChI=1S/C16H14Br2O/c1-2-11-3-5-12(6-4-11)9-16(19)14-8-7-13(17)10-15(14)18/h3-8,10H,2,9H2,1H3. The molecule has 1 nitrogen and oxygen atoms in total. The summed E-state index contributed by atoms with van der Waals surface area (Å²) in [7, 11) is 0. The van der Waals surface area contributed by atoms with Gasteiger partial charge in [0.15, 0.2) is 5.78 Å². The summed E-state index contributed by atoms with van der Waals surface area (Å²) in [6.07, 6.45) is 1.46. The highest BCUT2D eigenvalue weighted by atomic mass is 79.9. The van der Waals surface area contributed by atoms with Crippen molar-refractivity contribution >= 4 is 37.6 Å². The number of Topliss-reactive ketones (excluding diaryl/α,β-unsaturated/α-hetero) is 1. The third-order valence-electron chi connectivity index (χ3n) is 3.03. The van der Waals surface area contributed by atoms with Crippen molar-refractivity contribution in [3.63, 3.8) is 0 Å². The number of hydrogen-bond acceptors (Lipinski definition) is 1. The smallest absolute Gasteiger partial charge is 0.168 e. The minimum Gasteiger partial charge on any atom is -0.294 e. The average Bonchev–Trinajstić information content (AvgIpc) is 2.39. The Bertz CT molecular complexity index is 588. The molecule has 0 unspecified atom stereocenters. The Hall–Kier alpha value is -0.930. The van der Waals surface area contributed by atoms with Gasteiger partial charge >= 0.3 is 0 Å². The quantitative estimate of drug-likeness (QED) is 0.665. The molecule has 98 valence electrons. The van der Waals surface area contributed by atoms with Crippen LogP contribution in [-0.4, -0.2) is 5.78 Å². The van der Waals surface area contributed by atoms with Crippen molar-refractivity contribution in [2.24, 2.45) is 0 Å². The zero-order chi connectivity index (χ0) is 13.8. The minimum absolute atomic E-state index is 0.128. The molecule has 0 aliphatic rings. The lowest BCUT2D eigenvalue weighted by Gasteiger charge is -2.05.